The van der Waals surface area contributed by atoms with Gasteiger partial charge in [-0.2, -0.15) is 0 Å². The van der Waals surface area contributed by atoms with Gasteiger partial charge < -0.3 is 5.73 Å². The molecule has 0 spiro atoms. The van der Waals surface area contributed by atoms with E-state index in [-0.39, 0.29) is 11.8 Å². The first kappa shape index (κ1) is 12.9. The minimum absolute atomic E-state index is 0.0701. The third-order valence-corrected chi connectivity index (χ3v) is 1.83. The summed E-state index contributed by atoms with van der Waals surface area (Å²) in [5, 5.41) is 6.30. The summed E-state index contributed by atoms with van der Waals surface area (Å²) >= 11 is 0. The summed E-state index contributed by atoms with van der Waals surface area (Å²) in [6.45, 7) is 11.1. The van der Waals surface area contributed by atoms with E-state index in [1.54, 1.807) is 0 Å². The van der Waals surface area contributed by atoms with E-state index in [2.05, 4.69) is 45.3 Å². The lowest BCUT2D eigenvalue weighted by Crippen LogP contribution is -2.57. The van der Waals surface area contributed by atoms with Gasteiger partial charge in [0.25, 0.3) is 0 Å². The van der Waals surface area contributed by atoms with Crippen molar-refractivity contribution in [3.8, 4) is 0 Å². The number of hydrogen-bond acceptors (Lipinski definition) is 3. The summed E-state index contributed by atoms with van der Waals surface area (Å²) in [4.78, 5) is 0. The number of nitrogens with one attached hydrogen (secondary N) is 2. The van der Waals surface area contributed by atoms with Crippen LogP contribution in [0.25, 0.3) is 0 Å². The van der Waals surface area contributed by atoms with Gasteiger partial charge >= 0.3 is 0 Å². The molecule has 0 aromatic heterocycles. The highest BCUT2D eigenvalue weighted by Crippen LogP contribution is 2.26. The molecule has 3 heteroatoms. The zero-order valence-electron chi connectivity index (χ0n) is 9.86. The molecule has 0 amide bonds. The van der Waals surface area contributed by atoms with Crippen LogP contribution >= 0.6 is 0 Å². The minimum Gasteiger partial charge on any atom is -0.304 e. The number of nitrogens with two attached hydrogens (primary N) is 1. The molecule has 0 aromatic carbocycles. The van der Waals surface area contributed by atoms with E-state index in [1.165, 1.54) is 0 Å². The van der Waals surface area contributed by atoms with Crippen LogP contribution in [-0.4, -0.2) is 18.9 Å². The monoisotopic (exact) mass is 187 g/mol. The molecule has 3 nitrogen and oxygen atoms in total. The summed E-state index contributed by atoms with van der Waals surface area (Å²) in [6.07, 6.45) is 0.965. The highest BCUT2D eigenvalue weighted by Gasteiger charge is 2.26. The van der Waals surface area contributed by atoms with Crippen molar-refractivity contribution in [2.24, 2.45) is 11.1 Å². The molecule has 0 aromatic rings. The predicted octanol–water partition coefficient (Wildman–Crippen LogP) is 1.25. The Morgan fingerprint density at radius 3 is 1.92 bits per heavy atom. The van der Waals surface area contributed by atoms with Crippen LogP contribution in [0.5, 0.6) is 0 Å². The Kier molecular flexibility index (Phi) is 4.36. The Morgan fingerprint density at radius 1 is 1.15 bits per heavy atom. The maximum Gasteiger partial charge on any atom is 0.109 e. The molecule has 0 radical (unpaired) electrons. The fourth-order valence-electron chi connectivity index (χ4n) is 1.87. The van der Waals surface area contributed by atoms with Gasteiger partial charge in [0.05, 0.1) is 0 Å². The topological polar surface area (TPSA) is 50.1 Å². The van der Waals surface area contributed by atoms with E-state index in [0.29, 0.717) is 5.41 Å². The molecule has 0 rings (SSSR count). The smallest absolute Gasteiger partial charge is 0.109 e. The first-order valence-corrected chi connectivity index (χ1v) is 4.87. The third kappa shape index (κ3) is 6.99. The Bertz CT molecular complexity index is 147. The number of rotatable bonds is 4. The summed E-state index contributed by atoms with van der Waals surface area (Å²) in [6, 6.07) is 0. The van der Waals surface area contributed by atoms with Crippen molar-refractivity contribution in [3.05, 3.63) is 0 Å². The summed E-state index contributed by atoms with van der Waals surface area (Å²) in [7, 11) is 1.85. The molecule has 0 fully saturated rings. The fraction of sp³-hybridized carbons (Fsp3) is 1.00. The van der Waals surface area contributed by atoms with Crippen molar-refractivity contribution < 1.29 is 0 Å². The quantitative estimate of drug-likeness (QED) is 0.581. The second kappa shape index (κ2) is 4.40. The predicted molar refractivity (Wildman–Crippen MR) is 58.3 cm³/mol. The Morgan fingerprint density at radius 2 is 1.62 bits per heavy atom. The molecule has 0 heterocycles. The maximum absolute atomic E-state index is 5.76. The average Bonchev–Trinajstić information content (AvgIpc) is 1.80. The van der Waals surface area contributed by atoms with Crippen LogP contribution in [0.4, 0.5) is 0 Å². The standard InChI is InChI=1S/C10H25N3/c1-9(2,3)7-10(4,5)13-8(11)12-6/h8,12-13H,7,11H2,1-6H3. The van der Waals surface area contributed by atoms with E-state index < -0.39 is 0 Å². The lowest BCUT2D eigenvalue weighted by Gasteiger charge is -2.35. The van der Waals surface area contributed by atoms with E-state index in [1.807, 2.05) is 7.05 Å². The first-order valence-electron chi connectivity index (χ1n) is 4.87. The van der Waals surface area contributed by atoms with Crippen molar-refractivity contribution in [1.29, 1.82) is 0 Å². The summed E-state index contributed by atoms with van der Waals surface area (Å²) in [5.41, 5.74) is 6.15. The number of hydrogen-bond donors (Lipinski definition) is 3. The molecule has 13 heavy (non-hydrogen) atoms. The molecular formula is C10H25N3. The summed E-state index contributed by atoms with van der Waals surface area (Å²) in [5.74, 6) is 0. The maximum atomic E-state index is 5.76. The molecule has 0 saturated heterocycles. The second-order valence-electron chi connectivity index (χ2n) is 5.53. The largest absolute Gasteiger partial charge is 0.304 e. The van der Waals surface area contributed by atoms with Crippen LogP contribution in [0, 0.1) is 5.41 Å². The van der Waals surface area contributed by atoms with Gasteiger partial charge in [0.1, 0.15) is 6.29 Å². The Hall–Kier alpha value is -0.120. The normalized spacial score (nSPS) is 15.9. The average molecular weight is 187 g/mol. The Balaban J connectivity index is 4.08. The van der Waals surface area contributed by atoms with Crippen LogP contribution in [0.3, 0.4) is 0 Å². The highest BCUT2D eigenvalue weighted by atomic mass is 15.2. The van der Waals surface area contributed by atoms with Crippen LogP contribution in [0.1, 0.15) is 41.0 Å². The van der Waals surface area contributed by atoms with Gasteiger partial charge in [-0.05, 0) is 32.7 Å². The van der Waals surface area contributed by atoms with Crippen molar-refractivity contribution in [3.63, 3.8) is 0 Å². The van der Waals surface area contributed by atoms with Gasteiger partial charge in [-0.15, -0.1) is 0 Å². The second-order valence-corrected chi connectivity index (χ2v) is 5.53. The Labute approximate surface area is 82.5 Å². The lowest BCUT2D eigenvalue weighted by atomic mass is 9.82. The third-order valence-electron chi connectivity index (χ3n) is 1.83. The van der Waals surface area contributed by atoms with E-state index in [0.717, 1.165) is 6.42 Å². The van der Waals surface area contributed by atoms with E-state index >= 15 is 0 Å². The lowest BCUT2D eigenvalue weighted by molar-refractivity contribution is 0.215. The van der Waals surface area contributed by atoms with Crippen molar-refractivity contribution in [1.82, 2.24) is 10.6 Å². The molecular weight excluding hydrogens is 162 g/mol. The first-order chi connectivity index (χ1) is 5.66. The summed E-state index contributed by atoms with van der Waals surface area (Å²) < 4.78 is 0. The zero-order valence-corrected chi connectivity index (χ0v) is 9.86. The van der Waals surface area contributed by atoms with E-state index in [9.17, 15) is 0 Å². The van der Waals surface area contributed by atoms with Crippen molar-refractivity contribution in [2.75, 3.05) is 7.05 Å². The van der Waals surface area contributed by atoms with Gasteiger partial charge in [0.15, 0.2) is 0 Å². The molecule has 4 N–H and O–H groups in total. The molecule has 80 valence electrons. The van der Waals surface area contributed by atoms with E-state index in [4.69, 9.17) is 5.73 Å². The van der Waals surface area contributed by atoms with Gasteiger partial charge in [-0.3, -0.25) is 10.6 Å². The molecule has 0 saturated carbocycles. The van der Waals surface area contributed by atoms with Gasteiger partial charge in [0.2, 0.25) is 0 Å². The molecule has 0 aliphatic carbocycles. The zero-order chi connectivity index (χ0) is 10.7. The molecule has 0 aliphatic rings. The molecule has 0 aliphatic heterocycles. The highest BCUT2D eigenvalue weighted by molar-refractivity contribution is 4.84. The van der Waals surface area contributed by atoms with Crippen molar-refractivity contribution >= 4 is 0 Å². The molecule has 0 bridgehead atoms. The minimum atomic E-state index is -0.127. The van der Waals surface area contributed by atoms with Crippen LogP contribution in [0.15, 0.2) is 0 Å². The van der Waals surface area contributed by atoms with Gasteiger partial charge in [-0.1, -0.05) is 20.8 Å². The van der Waals surface area contributed by atoms with Crippen LogP contribution in [-0.2, 0) is 0 Å². The molecule has 1 atom stereocenters. The fourth-order valence-corrected chi connectivity index (χ4v) is 1.87. The SMILES string of the molecule is CNC(N)NC(C)(C)CC(C)(C)C. The molecule has 1 unspecified atom stereocenters. The van der Waals surface area contributed by atoms with Crippen LogP contribution < -0.4 is 16.4 Å². The van der Waals surface area contributed by atoms with Gasteiger partial charge in [0, 0.05) is 5.54 Å². The van der Waals surface area contributed by atoms with Gasteiger partial charge in [-0.25, -0.2) is 0 Å². The van der Waals surface area contributed by atoms with Crippen LogP contribution in [0.2, 0.25) is 0 Å². The van der Waals surface area contributed by atoms with Crippen molar-refractivity contribution in [2.45, 2.75) is 52.9 Å².